The molecule has 1 aromatic rings. The van der Waals surface area contributed by atoms with Gasteiger partial charge in [-0.05, 0) is 32.8 Å². The lowest BCUT2D eigenvalue weighted by atomic mass is 9.92. The van der Waals surface area contributed by atoms with E-state index in [1.165, 1.54) is 6.08 Å². The first-order valence-electron chi connectivity index (χ1n) is 13.8. The summed E-state index contributed by atoms with van der Waals surface area (Å²) in [6.07, 6.45) is -6.33. The van der Waals surface area contributed by atoms with Crippen molar-refractivity contribution >= 4 is 35.9 Å². The zero-order valence-corrected chi connectivity index (χ0v) is 25.8. The molecule has 0 bridgehead atoms. The Morgan fingerprint density at radius 3 is 1.84 bits per heavy atom. The molecule has 0 saturated carbocycles. The minimum atomic E-state index is -1.39. The van der Waals surface area contributed by atoms with Crippen LogP contribution in [0.4, 0.5) is 4.79 Å². The first-order valence-corrected chi connectivity index (χ1v) is 13.8. The molecule has 2 rings (SSSR count). The maximum absolute atomic E-state index is 13.1. The van der Waals surface area contributed by atoms with Crippen LogP contribution in [0.3, 0.4) is 0 Å². The standard InChI is InChI=1S/C30H39NO13/c1-17(32)38-16-24-26(41-19(3)34)27(42-20(4)35)25(40-18(2)33)23(43-24)14-13-22(31-29(37)44-30(5,6)7)28(36)39-15-21-11-9-8-10-12-21/h8-13,23-27H,14-16H2,1-7H3,(H,31,37)/b22-13+/t23-,24-,25+,26+,27-/m1/s1. The second-order valence-electron chi connectivity index (χ2n) is 10.8. The van der Waals surface area contributed by atoms with E-state index in [1.54, 1.807) is 51.1 Å². The van der Waals surface area contributed by atoms with E-state index >= 15 is 0 Å². The van der Waals surface area contributed by atoms with Gasteiger partial charge in [-0.3, -0.25) is 24.5 Å². The lowest BCUT2D eigenvalue weighted by Crippen LogP contribution is -2.62. The van der Waals surface area contributed by atoms with Crippen molar-refractivity contribution in [2.75, 3.05) is 6.61 Å². The summed E-state index contributed by atoms with van der Waals surface area (Å²) in [6, 6.07) is 8.83. The molecule has 1 N–H and O–H groups in total. The number of rotatable bonds is 11. The Morgan fingerprint density at radius 1 is 0.773 bits per heavy atom. The van der Waals surface area contributed by atoms with Gasteiger partial charge in [0.1, 0.15) is 36.7 Å². The molecule has 14 heteroatoms. The van der Waals surface area contributed by atoms with Gasteiger partial charge in [0.25, 0.3) is 0 Å². The smallest absolute Gasteiger partial charge is 0.412 e. The summed E-state index contributed by atoms with van der Waals surface area (Å²) in [6.45, 7) is 8.88. The van der Waals surface area contributed by atoms with Crippen LogP contribution in [0.15, 0.2) is 42.1 Å². The van der Waals surface area contributed by atoms with Crippen molar-refractivity contribution < 1.29 is 61.9 Å². The lowest BCUT2D eigenvalue weighted by molar-refractivity contribution is -0.251. The molecule has 0 aromatic heterocycles. The lowest BCUT2D eigenvalue weighted by Gasteiger charge is -2.44. The summed E-state index contributed by atoms with van der Waals surface area (Å²) in [5, 5.41) is 2.37. The summed E-state index contributed by atoms with van der Waals surface area (Å²) < 4.78 is 38.0. The van der Waals surface area contributed by atoms with Crippen LogP contribution in [0.1, 0.15) is 60.5 Å². The summed E-state index contributed by atoms with van der Waals surface area (Å²) in [7, 11) is 0. The third-order valence-electron chi connectivity index (χ3n) is 5.71. The summed E-state index contributed by atoms with van der Waals surface area (Å²) in [4.78, 5) is 73.4. The fraction of sp³-hybridized carbons (Fsp3) is 0.533. The number of carbonyl (C=O) groups excluding carboxylic acids is 6. The molecule has 242 valence electrons. The van der Waals surface area contributed by atoms with Gasteiger partial charge in [-0.1, -0.05) is 36.4 Å². The molecule has 5 atom stereocenters. The highest BCUT2D eigenvalue weighted by atomic mass is 16.7. The Bertz CT molecular complexity index is 1220. The number of ether oxygens (including phenoxy) is 7. The monoisotopic (exact) mass is 621 g/mol. The van der Waals surface area contributed by atoms with Crippen LogP contribution in [0, 0.1) is 0 Å². The molecule has 1 heterocycles. The molecular weight excluding hydrogens is 582 g/mol. The minimum Gasteiger partial charge on any atom is -0.463 e. The molecule has 0 spiro atoms. The molecule has 0 aliphatic carbocycles. The molecule has 0 radical (unpaired) electrons. The van der Waals surface area contributed by atoms with E-state index in [0.717, 1.165) is 27.7 Å². The van der Waals surface area contributed by atoms with Crippen molar-refractivity contribution in [1.82, 2.24) is 5.32 Å². The summed E-state index contributed by atoms with van der Waals surface area (Å²) in [5.41, 5.74) is -0.511. The molecule has 1 fully saturated rings. The number of carbonyl (C=O) groups is 6. The topological polar surface area (TPSA) is 179 Å². The Kier molecular flexibility index (Phi) is 13.3. The van der Waals surface area contributed by atoms with E-state index in [1.807, 2.05) is 0 Å². The van der Waals surface area contributed by atoms with Crippen LogP contribution in [0.2, 0.25) is 0 Å². The third-order valence-corrected chi connectivity index (χ3v) is 5.71. The third kappa shape index (κ3) is 12.4. The number of hydrogen-bond donors (Lipinski definition) is 1. The van der Waals surface area contributed by atoms with Gasteiger partial charge in [0.05, 0.1) is 0 Å². The van der Waals surface area contributed by atoms with E-state index in [0.29, 0.717) is 5.56 Å². The van der Waals surface area contributed by atoms with Crippen molar-refractivity contribution in [3.05, 3.63) is 47.7 Å². The van der Waals surface area contributed by atoms with Crippen molar-refractivity contribution in [3.63, 3.8) is 0 Å². The van der Waals surface area contributed by atoms with E-state index < -0.39 is 78.7 Å². The van der Waals surface area contributed by atoms with E-state index in [-0.39, 0.29) is 18.7 Å². The molecular formula is C30H39NO13. The average Bonchev–Trinajstić information content (AvgIpc) is 2.90. The molecule has 14 nitrogen and oxygen atoms in total. The molecule has 1 amide bonds. The maximum atomic E-state index is 13.1. The average molecular weight is 622 g/mol. The summed E-state index contributed by atoms with van der Waals surface area (Å²) >= 11 is 0. The first-order chi connectivity index (χ1) is 20.6. The molecule has 44 heavy (non-hydrogen) atoms. The van der Waals surface area contributed by atoms with Crippen LogP contribution < -0.4 is 5.32 Å². The fourth-order valence-electron chi connectivity index (χ4n) is 4.14. The van der Waals surface area contributed by atoms with Gasteiger partial charge in [-0.15, -0.1) is 0 Å². The highest BCUT2D eigenvalue weighted by Crippen LogP contribution is 2.31. The van der Waals surface area contributed by atoms with Gasteiger partial charge in [0, 0.05) is 27.7 Å². The number of esters is 5. The zero-order valence-electron chi connectivity index (χ0n) is 25.8. The van der Waals surface area contributed by atoms with E-state index in [4.69, 9.17) is 33.2 Å². The Morgan fingerprint density at radius 2 is 1.32 bits per heavy atom. The van der Waals surface area contributed by atoms with Gasteiger partial charge in [-0.25, -0.2) is 9.59 Å². The molecule has 1 aromatic carbocycles. The van der Waals surface area contributed by atoms with Crippen molar-refractivity contribution in [2.45, 2.75) is 97.6 Å². The predicted molar refractivity (Wildman–Crippen MR) is 150 cm³/mol. The fourth-order valence-corrected chi connectivity index (χ4v) is 4.14. The Labute approximate surface area is 255 Å². The van der Waals surface area contributed by atoms with E-state index in [9.17, 15) is 28.8 Å². The number of amides is 1. The molecule has 1 aliphatic rings. The number of nitrogens with one attached hydrogen (secondary N) is 1. The second kappa shape index (κ2) is 16.4. The maximum Gasteiger partial charge on any atom is 0.412 e. The summed E-state index contributed by atoms with van der Waals surface area (Å²) in [5.74, 6) is -3.91. The normalized spacial score (nSPS) is 21.7. The van der Waals surface area contributed by atoms with Crippen molar-refractivity contribution in [1.29, 1.82) is 0 Å². The highest BCUT2D eigenvalue weighted by Gasteiger charge is 2.51. The number of benzene rings is 1. The molecule has 0 unspecified atom stereocenters. The van der Waals surface area contributed by atoms with E-state index in [2.05, 4.69) is 5.32 Å². The van der Waals surface area contributed by atoms with Crippen LogP contribution in [-0.2, 0) is 63.7 Å². The van der Waals surface area contributed by atoms with Crippen LogP contribution >= 0.6 is 0 Å². The van der Waals surface area contributed by atoms with Gasteiger partial charge in [0.15, 0.2) is 18.3 Å². The van der Waals surface area contributed by atoms with Crippen molar-refractivity contribution in [2.24, 2.45) is 0 Å². The SMILES string of the molecule is CC(=O)OC[C@H]1O[C@H](C/C=C(/NC(=O)OC(C)(C)C)C(=O)OCc2ccccc2)[C@H](OC(C)=O)[C@@H](OC(C)=O)[C@H]1OC(C)=O. The Hall–Kier alpha value is -4.46. The van der Waals surface area contributed by atoms with Crippen LogP contribution in [-0.4, -0.2) is 78.7 Å². The van der Waals surface area contributed by atoms with Gasteiger partial charge in [-0.2, -0.15) is 0 Å². The highest BCUT2D eigenvalue weighted by molar-refractivity contribution is 5.92. The van der Waals surface area contributed by atoms with Gasteiger partial charge >= 0.3 is 35.9 Å². The minimum absolute atomic E-state index is 0.105. The molecule has 1 aliphatic heterocycles. The number of alkyl carbamates (subject to hydrolysis) is 1. The Balaban J connectivity index is 2.47. The largest absolute Gasteiger partial charge is 0.463 e. The number of hydrogen-bond acceptors (Lipinski definition) is 13. The first kappa shape index (κ1) is 35.7. The second-order valence-corrected chi connectivity index (χ2v) is 10.8. The van der Waals surface area contributed by atoms with Crippen molar-refractivity contribution in [3.8, 4) is 0 Å². The molecule has 1 saturated heterocycles. The van der Waals surface area contributed by atoms with Gasteiger partial charge in [0.2, 0.25) is 0 Å². The van der Waals surface area contributed by atoms with Crippen LogP contribution in [0.5, 0.6) is 0 Å². The quantitative estimate of drug-likeness (QED) is 0.217. The van der Waals surface area contributed by atoms with Gasteiger partial charge < -0.3 is 33.2 Å². The van der Waals surface area contributed by atoms with Crippen LogP contribution in [0.25, 0.3) is 0 Å². The zero-order chi connectivity index (χ0) is 33.0. The predicted octanol–water partition coefficient (Wildman–Crippen LogP) is 2.65.